The molecule has 6 heteroatoms. The lowest BCUT2D eigenvalue weighted by atomic mass is 9.85. The van der Waals surface area contributed by atoms with Crippen molar-refractivity contribution in [2.24, 2.45) is 0 Å². The molecule has 0 atom stereocenters. The number of halogens is 1. The highest BCUT2D eigenvalue weighted by atomic mass is 35.5. The molecular weight excluding hydrogens is 354 g/mol. The van der Waals surface area contributed by atoms with Crippen LogP contribution in [-0.2, 0) is 21.4 Å². The summed E-state index contributed by atoms with van der Waals surface area (Å²) >= 11 is 6.13. The fourth-order valence-corrected chi connectivity index (χ4v) is 2.72. The Labute approximate surface area is 157 Å². The number of anilines is 1. The van der Waals surface area contributed by atoms with E-state index in [9.17, 15) is 14.7 Å². The monoisotopic (exact) mass is 375 g/mol. The van der Waals surface area contributed by atoms with E-state index >= 15 is 0 Å². The third-order valence-electron chi connectivity index (χ3n) is 4.11. The molecule has 0 unspecified atom stereocenters. The van der Waals surface area contributed by atoms with Crippen LogP contribution in [0.2, 0.25) is 5.02 Å². The number of carboxylic acids is 1. The number of ether oxygens (including phenoxy) is 1. The first-order valence-electron chi connectivity index (χ1n) is 8.29. The molecule has 0 fully saturated rings. The van der Waals surface area contributed by atoms with Crippen molar-refractivity contribution in [3.8, 4) is 5.75 Å². The van der Waals surface area contributed by atoms with E-state index in [1.54, 1.807) is 56.3 Å². The van der Waals surface area contributed by atoms with Gasteiger partial charge in [0.2, 0.25) is 5.91 Å². The average molecular weight is 376 g/mol. The van der Waals surface area contributed by atoms with Gasteiger partial charge in [0, 0.05) is 11.3 Å². The van der Waals surface area contributed by atoms with Gasteiger partial charge >= 0.3 is 5.97 Å². The van der Waals surface area contributed by atoms with Gasteiger partial charge in [-0.2, -0.15) is 0 Å². The highest BCUT2D eigenvalue weighted by molar-refractivity contribution is 6.32. The molecule has 2 aromatic rings. The molecule has 0 aliphatic rings. The summed E-state index contributed by atoms with van der Waals surface area (Å²) in [5.41, 5.74) is 0.979. The van der Waals surface area contributed by atoms with Crippen LogP contribution in [0.5, 0.6) is 5.75 Å². The van der Waals surface area contributed by atoms with E-state index in [1.807, 2.05) is 6.92 Å². The van der Waals surface area contributed by atoms with E-state index in [2.05, 4.69) is 5.32 Å². The summed E-state index contributed by atoms with van der Waals surface area (Å²) < 4.78 is 5.53. The molecule has 5 nitrogen and oxygen atoms in total. The number of nitrogens with one attached hydrogen (secondary N) is 1. The zero-order valence-electron chi connectivity index (χ0n) is 15.0. The molecule has 1 amide bonds. The lowest BCUT2D eigenvalue weighted by molar-refractivity contribution is -0.142. The second-order valence-electron chi connectivity index (χ2n) is 6.39. The zero-order chi connectivity index (χ0) is 19.3. The smallest absolute Gasteiger partial charge is 0.313 e. The van der Waals surface area contributed by atoms with E-state index in [0.29, 0.717) is 34.2 Å². The maximum Gasteiger partial charge on any atom is 0.313 e. The van der Waals surface area contributed by atoms with Crippen LogP contribution < -0.4 is 10.1 Å². The molecule has 2 aromatic carbocycles. The molecule has 0 spiro atoms. The van der Waals surface area contributed by atoms with Crippen molar-refractivity contribution < 1.29 is 19.4 Å². The summed E-state index contributed by atoms with van der Waals surface area (Å²) in [6, 6.07) is 12.1. The second-order valence-corrected chi connectivity index (χ2v) is 6.80. The average Bonchev–Trinajstić information content (AvgIpc) is 2.58. The highest BCUT2D eigenvalue weighted by Gasteiger charge is 2.29. The summed E-state index contributed by atoms with van der Waals surface area (Å²) in [7, 11) is 0. The first-order chi connectivity index (χ1) is 12.3. The second kappa shape index (κ2) is 8.23. The van der Waals surface area contributed by atoms with Crippen LogP contribution in [0, 0.1) is 0 Å². The lowest BCUT2D eigenvalue weighted by Crippen LogP contribution is -2.28. The van der Waals surface area contributed by atoms with Crippen LogP contribution >= 0.6 is 11.6 Å². The van der Waals surface area contributed by atoms with Crippen molar-refractivity contribution in [2.45, 2.75) is 32.6 Å². The predicted octanol–water partition coefficient (Wildman–Crippen LogP) is 4.28. The third-order valence-corrected chi connectivity index (χ3v) is 4.41. The van der Waals surface area contributed by atoms with Crippen molar-refractivity contribution in [3.05, 3.63) is 58.6 Å². The van der Waals surface area contributed by atoms with Gasteiger partial charge in [0.15, 0.2) is 0 Å². The van der Waals surface area contributed by atoms with Crippen LogP contribution in [0.25, 0.3) is 0 Å². The molecule has 0 heterocycles. The van der Waals surface area contributed by atoms with Gasteiger partial charge in [-0.15, -0.1) is 0 Å². The number of para-hydroxylation sites is 1. The predicted molar refractivity (Wildman–Crippen MR) is 102 cm³/mol. The fourth-order valence-electron chi connectivity index (χ4n) is 2.47. The van der Waals surface area contributed by atoms with Gasteiger partial charge < -0.3 is 15.2 Å². The number of aliphatic carboxylic acids is 1. The minimum Gasteiger partial charge on any atom is -0.492 e. The van der Waals surface area contributed by atoms with Gasteiger partial charge in [-0.1, -0.05) is 35.9 Å². The SMILES string of the molecule is CCOc1c(Cl)cccc1CC(=O)Nc1ccc(C(C)(C)C(=O)O)cc1. The largest absolute Gasteiger partial charge is 0.492 e. The zero-order valence-corrected chi connectivity index (χ0v) is 15.8. The number of carboxylic acid groups (broad SMARTS) is 1. The van der Waals surface area contributed by atoms with Crippen LogP contribution in [-0.4, -0.2) is 23.6 Å². The first kappa shape index (κ1) is 19.8. The van der Waals surface area contributed by atoms with Gasteiger partial charge in [-0.05, 0) is 44.5 Å². The first-order valence-corrected chi connectivity index (χ1v) is 8.67. The third kappa shape index (κ3) is 4.55. The summed E-state index contributed by atoms with van der Waals surface area (Å²) in [6.45, 7) is 5.58. The molecule has 0 aromatic heterocycles. The molecule has 138 valence electrons. The Morgan fingerprint density at radius 3 is 2.38 bits per heavy atom. The summed E-state index contributed by atoms with van der Waals surface area (Å²) in [4.78, 5) is 23.6. The molecule has 0 saturated carbocycles. The summed E-state index contributed by atoms with van der Waals surface area (Å²) in [6.07, 6.45) is 0.123. The number of hydrogen-bond acceptors (Lipinski definition) is 3. The van der Waals surface area contributed by atoms with Gasteiger partial charge in [0.1, 0.15) is 5.75 Å². The number of amides is 1. The van der Waals surface area contributed by atoms with Crippen molar-refractivity contribution in [3.63, 3.8) is 0 Å². The normalized spacial score (nSPS) is 11.1. The van der Waals surface area contributed by atoms with Crippen molar-refractivity contribution >= 4 is 29.2 Å². The Kier molecular flexibility index (Phi) is 6.27. The molecule has 2 N–H and O–H groups in total. The van der Waals surface area contributed by atoms with Gasteiger partial charge in [0.05, 0.1) is 23.5 Å². The Bertz CT molecular complexity index is 800. The molecule has 0 saturated heterocycles. The molecule has 2 rings (SSSR count). The van der Waals surface area contributed by atoms with Gasteiger partial charge in [-0.3, -0.25) is 9.59 Å². The molecular formula is C20H22ClNO4. The molecule has 0 radical (unpaired) electrons. The van der Waals surface area contributed by atoms with Crippen LogP contribution in [0.1, 0.15) is 31.9 Å². The van der Waals surface area contributed by atoms with Crippen molar-refractivity contribution in [2.75, 3.05) is 11.9 Å². The lowest BCUT2D eigenvalue weighted by Gasteiger charge is -2.20. The Morgan fingerprint density at radius 1 is 1.15 bits per heavy atom. The van der Waals surface area contributed by atoms with Crippen LogP contribution in [0.15, 0.2) is 42.5 Å². The molecule has 0 aliphatic carbocycles. The van der Waals surface area contributed by atoms with Crippen molar-refractivity contribution in [1.82, 2.24) is 0 Å². The Morgan fingerprint density at radius 2 is 1.81 bits per heavy atom. The standard InChI is InChI=1S/C20H22ClNO4/c1-4-26-18-13(6-5-7-16(18)21)12-17(23)22-15-10-8-14(9-11-15)20(2,3)19(24)25/h5-11H,4,12H2,1-3H3,(H,22,23)(H,24,25). The fraction of sp³-hybridized carbons (Fsp3) is 0.300. The number of rotatable bonds is 7. The van der Waals surface area contributed by atoms with E-state index < -0.39 is 11.4 Å². The maximum atomic E-state index is 12.3. The number of carbonyl (C=O) groups is 2. The minimum absolute atomic E-state index is 0.123. The quantitative estimate of drug-likeness (QED) is 0.757. The van der Waals surface area contributed by atoms with Crippen LogP contribution in [0.4, 0.5) is 5.69 Å². The Hall–Kier alpha value is -2.53. The highest BCUT2D eigenvalue weighted by Crippen LogP contribution is 2.29. The van der Waals surface area contributed by atoms with E-state index in [-0.39, 0.29) is 12.3 Å². The number of hydrogen-bond donors (Lipinski definition) is 2. The molecule has 26 heavy (non-hydrogen) atoms. The summed E-state index contributed by atoms with van der Waals surface area (Å²) in [5.74, 6) is -0.595. The molecule has 0 bridgehead atoms. The Balaban J connectivity index is 2.09. The minimum atomic E-state index is -0.990. The maximum absolute atomic E-state index is 12.3. The molecule has 0 aliphatic heterocycles. The van der Waals surface area contributed by atoms with Gasteiger partial charge in [-0.25, -0.2) is 0 Å². The van der Waals surface area contributed by atoms with Gasteiger partial charge in [0.25, 0.3) is 0 Å². The van der Waals surface area contributed by atoms with Crippen molar-refractivity contribution in [1.29, 1.82) is 0 Å². The van der Waals surface area contributed by atoms with E-state index in [4.69, 9.17) is 16.3 Å². The van der Waals surface area contributed by atoms with Crippen LogP contribution in [0.3, 0.4) is 0 Å². The summed E-state index contributed by atoms with van der Waals surface area (Å²) in [5, 5.41) is 12.5. The number of benzene rings is 2. The van der Waals surface area contributed by atoms with E-state index in [0.717, 1.165) is 0 Å². The van der Waals surface area contributed by atoms with E-state index in [1.165, 1.54) is 0 Å². The number of carbonyl (C=O) groups excluding carboxylic acids is 1. The topological polar surface area (TPSA) is 75.6 Å².